The number of benzene rings is 2. The van der Waals surface area contributed by atoms with Gasteiger partial charge in [-0.3, -0.25) is 9.59 Å². The molecule has 0 aromatic heterocycles. The van der Waals surface area contributed by atoms with Crippen molar-refractivity contribution in [1.82, 2.24) is 5.32 Å². The Bertz CT molecular complexity index is 713. The van der Waals surface area contributed by atoms with E-state index in [2.05, 4.69) is 5.32 Å². The molecule has 0 radical (unpaired) electrons. The van der Waals surface area contributed by atoms with Crippen LogP contribution < -0.4 is 16.0 Å². The van der Waals surface area contributed by atoms with E-state index in [1.165, 1.54) is 12.0 Å². The zero-order valence-corrected chi connectivity index (χ0v) is 16.3. The summed E-state index contributed by atoms with van der Waals surface area (Å²) in [6.07, 6.45) is 0.377. The van der Waals surface area contributed by atoms with Gasteiger partial charge in [-0.1, -0.05) is 48.5 Å². The maximum Gasteiger partial charge on any atom is 0.249 e. The van der Waals surface area contributed by atoms with Gasteiger partial charge in [0.1, 0.15) is 12.1 Å². The van der Waals surface area contributed by atoms with Gasteiger partial charge in [0.05, 0.1) is 6.61 Å². The van der Waals surface area contributed by atoms with Crippen LogP contribution in [0.2, 0.25) is 0 Å². The van der Waals surface area contributed by atoms with Gasteiger partial charge in [0.2, 0.25) is 11.8 Å². The molecule has 2 atom stereocenters. The summed E-state index contributed by atoms with van der Waals surface area (Å²) in [5, 5.41) is 2.77. The number of para-hydroxylation sites is 1. The summed E-state index contributed by atoms with van der Waals surface area (Å²) in [4.78, 5) is 26.9. The molecular weight excluding hydrogens is 366 g/mol. The first kappa shape index (κ1) is 22.6. The van der Waals surface area contributed by atoms with Gasteiger partial charge in [-0.15, -0.1) is 12.4 Å². The van der Waals surface area contributed by atoms with Crippen molar-refractivity contribution in [2.45, 2.75) is 18.5 Å². The lowest BCUT2D eigenvalue weighted by Crippen LogP contribution is -2.54. The molecule has 6 nitrogen and oxygen atoms in total. The lowest BCUT2D eigenvalue weighted by Gasteiger charge is -2.26. The number of nitrogens with two attached hydrogens (primary N) is 1. The number of hydrogen-bond donors (Lipinski definition) is 2. The Morgan fingerprint density at radius 1 is 1.07 bits per heavy atom. The maximum atomic E-state index is 13.0. The Labute approximate surface area is 166 Å². The van der Waals surface area contributed by atoms with E-state index in [1.807, 2.05) is 60.7 Å². The number of likely N-dealkylation sites (N-methyl/N-ethyl adjacent to an activating group) is 1. The molecule has 7 heteroatoms. The Morgan fingerprint density at radius 3 is 2.19 bits per heavy atom. The summed E-state index contributed by atoms with van der Waals surface area (Å²) in [6.45, 7) is 0.0899. The normalized spacial score (nSPS) is 12.4. The predicted molar refractivity (Wildman–Crippen MR) is 109 cm³/mol. The van der Waals surface area contributed by atoms with Crippen molar-refractivity contribution in [2.24, 2.45) is 5.73 Å². The standard InChI is InChI=1S/C20H25N3O3.ClH/c1-23(16-11-7-4-8-12-16)20(25)18(13-15-9-5-3-6-10-15)22-19(24)17(21)14-26-2;/h3-12,17-18H,13-14,21H2,1-2H3,(H,22,24);1H/t17?,18-;/m0./s1. The van der Waals surface area contributed by atoms with Gasteiger partial charge in [-0.05, 0) is 17.7 Å². The van der Waals surface area contributed by atoms with E-state index in [0.717, 1.165) is 11.3 Å². The van der Waals surface area contributed by atoms with E-state index in [0.29, 0.717) is 6.42 Å². The van der Waals surface area contributed by atoms with Crippen molar-refractivity contribution >= 4 is 29.9 Å². The van der Waals surface area contributed by atoms with E-state index < -0.39 is 18.0 Å². The number of halogens is 1. The van der Waals surface area contributed by atoms with Crippen LogP contribution in [0.25, 0.3) is 0 Å². The number of anilines is 1. The molecule has 0 aliphatic rings. The highest BCUT2D eigenvalue weighted by atomic mass is 35.5. The van der Waals surface area contributed by atoms with Crippen LogP contribution in [0.15, 0.2) is 60.7 Å². The van der Waals surface area contributed by atoms with Crippen LogP contribution in [0.1, 0.15) is 5.56 Å². The van der Waals surface area contributed by atoms with Crippen LogP contribution in [-0.2, 0) is 20.7 Å². The van der Waals surface area contributed by atoms with Crippen molar-refractivity contribution in [1.29, 1.82) is 0 Å². The minimum Gasteiger partial charge on any atom is -0.383 e. The van der Waals surface area contributed by atoms with Gasteiger partial charge in [0.15, 0.2) is 0 Å². The highest BCUT2D eigenvalue weighted by Crippen LogP contribution is 2.14. The molecule has 2 aromatic carbocycles. The minimum atomic E-state index is -0.826. The third-order valence-electron chi connectivity index (χ3n) is 4.05. The summed E-state index contributed by atoms with van der Waals surface area (Å²) in [7, 11) is 3.17. The summed E-state index contributed by atoms with van der Waals surface area (Å²) < 4.78 is 4.92. The van der Waals surface area contributed by atoms with Crippen molar-refractivity contribution in [3.8, 4) is 0 Å². The van der Waals surface area contributed by atoms with Crippen LogP contribution >= 0.6 is 12.4 Å². The quantitative estimate of drug-likeness (QED) is 0.718. The number of ether oxygens (including phenoxy) is 1. The van der Waals surface area contributed by atoms with Crippen molar-refractivity contribution in [3.05, 3.63) is 66.2 Å². The van der Waals surface area contributed by atoms with Crippen molar-refractivity contribution in [3.63, 3.8) is 0 Å². The molecule has 0 fully saturated rings. The lowest BCUT2D eigenvalue weighted by molar-refractivity contribution is -0.128. The molecular formula is C20H26ClN3O3. The van der Waals surface area contributed by atoms with Crippen LogP contribution in [0.4, 0.5) is 5.69 Å². The number of nitrogens with zero attached hydrogens (tertiary/aromatic N) is 1. The molecule has 0 bridgehead atoms. The molecule has 2 aromatic rings. The molecule has 2 rings (SSSR count). The number of carbonyl (C=O) groups excluding carboxylic acids is 2. The Kier molecular flexibility index (Phi) is 9.50. The Hall–Kier alpha value is -2.41. The fraction of sp³-hybridized carbons (Fsp3) is 0.300. The third-order valence-corrected chi connectivity index (χ3v) is 4.05. The first-order chi connectivity index (χ1) is 12.5. The highest BCUT2D eigenvalue weighted by molar-refractivity contribution is 5.99. The SMILES string of the molecule is COCC(N)C(=O)N[C@@H](Cc1ccccc1)C(=O)N(C)c1ccccc1.Cl. The molecule has 2 amide bonds. The molecule has 146 valence electrons. The molecule has 27 heavy (non-hydrogen) atoms. The fourth-order valence-corrected chi connectivity index (χ4v) is 2.60. The molecule has 0 saturated carbocycles. The van der Waals surface area contributed by atoms with Crippen molar-refractivity contribution in [2.75, 3.05) is 25.7 Å². The first-order valence-corrected chi connectivity index (χ1v) is 8.44. The average Bonchev–Trinajstić information content (AvgIpc) is 2.68. The molecule has 0 aliphatic heterocycles. The number of methoxy groups -OCH3 is 1. The van der Waals surface area contributed by atoms with E-state index in [1.54, 1.807) is 7.05 Å². The number of hydrogen-bond acceptors (Lipinski definition) is 4. The minimum absolute atomic E-state index is 0. The van der Waals surface area contributed by atoms with E-state index in [9.17, 15) is 9.59 Å². The zero-order chi connectivity index (χ0) is 18.9. The zero-order valence-electron chi connectivity index (χ0n) is 15.5. The van der Waals surface area contributed by atoms with Crippen LogP contribution in [0.3, 0.4) is 0 Å². The fourth-order valence-electron chi connectivity index (χ4n) is 2.60. The number of nitrogens with one attached hydrogen (secondary N) is 1. The lowest BCUT2D eigenvalue weighted by atomic mass is 10.0. The molecule has 0 heterocycles. The van der Waals surface area contributed by atoms with Crippen LogP contribution in [-0.4, -0.2) is 44.7 Å². The Morgan fingerprint density at radius 2 is 1.63 bits per heavy atom. The second-order valence-electron chi connectivity index (χ2n) is 6.05. The van der Waals surface area contributed by atoms with Crippen LogP contribution in [0.5, 0.6) is 0 Å². The highest BCUT2D eigenvalue weighted by Gasteiger charge is 2.27. The molecule has 0 aliphatic carbocycles. The molecule has 0 saturated heterocycles. The third kappa shape index (κ3) is 6.67. The van der Waals surface area contributed by atoms with E-state index in [-0.39, 0.29) is 24.9 Å². The van der Waals surface area contributed by atoms with Gasteiger partial charge in [-0.25, -0.2) is 0 Å². The molecule has 0 spiro atoms. The van der Waals surface area contributed by atoms with Gasteiger partial charge >= 0.3 is 0 Å². The number of carbonyl (C=O) groups is 2. The molecule has 3 N–H and O–H groups in total. The Balaban J connectivity index is 0.00000364. The predicted octanol–water partition coefficient (Wildman–Crippen LogP) is 1.77. The second-order valence-corrected chi connectivity index (χ2v) is 6.05. The summed E-state index contributed by atoms with van der Waals surface area (Å²) in [6, 6.07) is 17.3. The average molecular weight is 392 g/mol. The van der Waals surface area contributed by atoms with Gasteiger partial charge in [0.25, 0.3) is 0 Å². The van der Waals surface area contributed by atoms with Gasteiger partial charge in [0, 0.05) is 26.3 Å². The van der Waals surface area contributed by atoms with Gasteiger partial charge in [-0.2, -0.15) is 0 Å². The summed E-state index contributed by atoms with van der Waals surface area (Å²) >= 11 is 0. The van der Waals surface area contributed by atoms with Gasteiger partial charge < -0.3 is 20.7 Å². The maximum absolute atomic E-state index is 13.0. The number of rotatable bonds is 8. The first-order valence-electron chi connectivity index (χ1n) is 8.44. The smallest absolute Gasteiger partial charge is 0.249 e. The number of amides is 2. The topological polar surface area (TPSA) is 84.7 Å². The summed E-state index contributed by atoms with van der Waals surface area (Å²) in [5.41, 5.74) is 7.50. The summed E-state index contributed by atoms with van der Waals surface area (Å²) in [5.74, 6) is -0.624. The second kappa shape index (κ2) is 11.3. The van der Waals surface area contributed by atoms with E-state index in [4.69, 9.17) is 10.5 Å². The van der Waals surface area contributed by atoms with Crippen LogP contribution in [0, 0.1) is 0 Å². The largest absolute Gasteiger partial charge is 0.383 e. The molecule has 1 unspecified atom stereocenters. The monoisotopic (exact) mass is 391 g/mol. The van der Waals surface area contributed by atoms with E-state index >= 15 is 0 Å². The van der Waals surface area contributed by atoms with Crippen molar-refractivity contribution < 1.29 is 14.3 Å².